The average Bonchev–Trinajstić information content (AvgIpc) is 2.61. The van der Waals surface area contributed by atoms with Gasteiger partial charge >= 0.3 is 0 Å². The van der Waals surface area contributed by atoms with Gasteiger partial charge in [-0.1, -0.05) is 0 Å². The fourth-order valence-electron chi connectivity index (χ4n) is 2.88. The Morgan fingerprint density at radius 2 is 1.88 bits per heavy atom. The molecule has 24 heavy (non-hydrogen) atoms. The molecule has 5 atom stereocenters. The number of hydrogen-bond donors (Lipinski definition) is 1. The molecule has 2 heterocycles. The van der Waals surface area contributed by atoms with Gasteiger partial charge in [-0.15, -0.1) is 0 Å². The van der Waals surface area contributed by atoms with E-state index in [4.69, 9.17) is 14.2 Å². The van der Waals surface area contributed by atoms with E-state index in [0.29, 0.717) is 30.5 Å². The molecule has 0 radical (unpaired) electrons. The SMILES string of the molecule is [O-][S+](CCOC1CCCCO1)CC[S+]([O-])CC(O)C1CCCOC1. The van der Waals surface area contributed by atoms with Crippen molar-refractivity contribution in [2.45, 2.75) is 44.5 Å². The summed E-state index contributed by atoms with van der Waals surface area (Å²) in [5, 5.41) is 10.1. The van der Waals surface area contributed by atoms with Gasteiger partial charge in [-0.2, -0.15) is 0 Å². The topological polar surface area (TPSA) is 94.0 Å². The summed E-state index contributed by atoms with van der Waals surface area (Å²) in [6.45, 7) is 2.44. The van der Waals surface area contributed by atoms with Crippen molar-refractivity contribution in [2.75, 3.05) is 49.4 Å². The van der Waals surface area contributed by atoms with Crippen LogP contribution in [0.15, 0.2) is 0 Å². The van der Waals surface area contributed by atoms with Gasteiger partial charge in [0.15, 0.2) is 6.29 Å². The van der Waals surface area contributed by atoms with E-state index in [9.17, 15) is 14.2 Å². The molecular weight excluding hydrogens is 352 g/mol. The number of ether oxygens (including phenoxy) is 3. The van der Waals surface area contributed by atoms with Crippen LogP contribution in [0.3, 0.4) is 0 Å². The first-order chi connectivity index (χ1) is 11.6. The van der Waals surface area contributed by atoms with Crippen LogP contribution >= 0.6 is 0 Å². The average molecular weight is 383 g/mol. The van der Waals surface area contributed by atoms with Gasteiger partial charge in [0, 0.05) is 19.1 Å². The van der Waals surface area contributed by atoms with Crippen LogP contribution in [0.1, 0.15) is 32.1 Å². The fraction of sp³-hybridized carbons (Fsp3) is 1.00. The quantitative estimate of drug-likeness (QED) is 0.562. The lowest BCUT2D eigenvalue weighted by Gasteiger charge is -2.27. The molecule has 0 aliphatic carbocycles. The predicted molar refractivity (Wildman–Crippen MR) is 94.8 cm³/mol. The van der Waals surface area contributed by atoms with Crippen LogP contribution in [-0.4, -0.2) is 76.0 Å². The molecule has 0 aromatic carbocycles. The van der Waals surface area contributed by atoms with Gasteiger partial charge < -0.3 is 28.4 Å². The van der Waals surface area contributed by atoms with E-state index < -0.39 is 28.5 Å². The Morgan fingerprint density at radius 1 is 1.04 bits per heavy atom. The van der Waals surface area contributed by atoms with Crippen molar-refractivity contribution >= 4 is 22.4 Å². The van der Waals surface area contributed by atoms with Crippen molar-refractivity contribution in [3.05, 3.63) is 0 Å². The van der Waals surface area contributed by atoms with Crippen molar-refractivity contribution < 1.29 is 28.4 Å². The van der Waals surface area contributed by atoms with Gasteiger partial charge in [0.1, 0.15) is 29.1 Å². The van der Waals surface area contributed by atoms with Crippen molar-refractivity contribution in [2.24, 2.45) is 5.92 Å². The molecule has 0 amide bonds. The molecular formula is C16H30O6S2. The third-order valence-corrected chi connectivity index (χ3v) is 7.30. The Hall–Kier alpha value is 0.460. The highest BCUT2D eigenvalue weighted by Gasteiger charge is 2.27. The fourth-order valence-corrected chi connectivity index (χ4v) is 5.68. The van der Waals surface area contributed by atoms with E-state index in [-0.39, 0.29) is 18.0 Å². The maximum atomic E-state index is 12.0. The Kier molecular flexibility index (Phi) is 10.3. The Labute approximate surface area is 151 Å². The highest BCUT2D eigenvalue weighted by Crippen LogP contribution is 2.19. The molecule has 2 rings (SSSR count). The van der Waals surface area contributed by atoms with E-state index >= 15 is 0 Å². The number of hydrogen-bond acceptors (Lipinski definition) is 6. The third kappa shape index (κ3) is 8.23. The van der Waals surface area contributed by atoms with Gasteiger partial charge in [-0.05, 0) is 54.5 Å². The Morgan fingerprint density at radius 3 is 2.58 bits per heavy atom. The summed E-state index contributed by atoms with van der Waals surface area (Å²) in [4.78, 5) is 0. The van der Waals surface area contributed by atoms with E-state index in [1.54, 1.807) is 0 Å². The van der Waals surface area contributed by atoms with Crippen LogP contribution in [0.25, 0.3) is 0 Å². The smallest absolute Gasteiger partial charge is 0.157 e. The van der Waals surface area contributed by atoms with Crippen molar-refractivity contribution in [1.82, 2.24) is 0 Å². The maximum Gasteiger partial charge on any atom is 0.157 e. The first-order valence-corrected chi connectivity index (χ1v) is 11.8. The second-order valence-corrected chi connectivity index (χ2v) is 9.69. The molecule has 142 valence electrons. The van der Waals surface area contributed by atoms with Crippen molar-refractivity contribution in [3.8, 4) is 0 Å². The molecule has 0 aromatic rings. The molecule has 0 spiro atoms. The van der Waals surface area contributed by atoms with E-state index in [1.807, 2.05) is 0 Å². The van der Waals surface area contributed by atoms with Gasteiger partial charge in [-0.25, -0.2) is 0 Å². The van der Waals surface area contributed by atoms with E-state index in [1.165, 1.54) is 0 Å². The Balaban J connectivity index is 1.51. The second-order valence-electron chi connectivity index (χ2n) is 6.37. The largest absolute Gasteiger partial charge is 0.616 e. The van der Waals surface area contributed by atoms with Crippen LogP contribution in [0, 0.1) is 5.92 Å². The summed E-state index contributed by atoms with van der Waals surface area (Å²) in [6, 6.07) is 0. The molecule has 2 aliphatic rings. The molecule has 0 bridgehead atoms. The molecule has 0 aromatic heterocycles. The summed E-state index contributed by atoms with van der Waals surface area (Å²) in [6.07, 6.45) is 4.22. The summed E-state index contributed by atoms with van der Waals surface area (Å²) < 4.78 is 40.4. The normalized spacial score (nSPS) is 29.1. The van der Waals surface area contributed by atoms with Gasteiger partial charge in [-0.3, -0.25) is 0 Å². The number of rotatable bonds is 10. The minimum atomic E-state index is -1.15. The second kappa shape index (κ2) is 12.0. The molecule has 2 saturated heterocycles. The van der Waals surface area contributed by atoms with E-state index in [2.05, 4.69) is 0 Å². The number of aliphatic hydroxyl groups is 1. The van der Waals surface area contributed by atoms with Crippen LogP contribution < -0.4 is 0 Å². The molecule has 2 aliphatic heterocycles. The van der Waals surface area contributed by atoms with Crippen LogP contribution in [0.4, 0.5) is 0 Å². The van der Waals surface area contributed by atoms with Crippen LogP contribution in [0.2, 0.25) is 0 Å². The summed E-state index contributed by atoms with van der Waals surface area (Å²) in [7, 11) is 0. The van der Waals surface area contributed by atoms with Gasteiger partial charge in [0.05, 0.1) is 13.2 Å². The third-order valence-electron chi connectivity index (χ3n) is 4.39. The Bertz CT molecular complexity index is 324. The first-order valence-electron chi connectivity index (χ1n) is 8.84. The predicted octanol–water partition coefficient (Wildman–Crippen LogP) is 0.815. The standard InChI is InChI=1S/C16H30O6S2/c17-15(14-4-3-6-20-12-14)13-24(19)11-10-23(18)9-8-22-16-5-1-2-7-21-16/h14-17H,1-13H2. The molecule has 8 heteroatoms. The zero-order chi connectivity index (χ0) is 17.2. The van der Waals surface area contributed by atoms with Crippen LogP contribution in [-0.2, 0) is 36.6 Å². The molecule has 0 saturated carbocycles. The molecule has 2 fully saturated rings. The minimum Gasteiger partial charge on any atom is -0.616 e. The van der Waals surface area contributed by atoms with Crippen molar-refractivity contribution in [3.63, 3.8) is 0 Å². The monoisotopic (exact) mass is 382 g/mol. The zero-order valence-electron chi connectivity index (χ0n) is 14.2. The maximum absolute atomic E-state index is 12.0. The summed E-state index contributed by atoms with van der Waals surface area (Å²) in [5.74, 6) is 1.51. The highest BCUT2D eigenvalue weighted by molar-refractivity contribution is 7.95. The zero-order valence-corrected chi connectivity index (χ0v) is 15.9. The van der Waals surface area contributed by atoms with Crippen molar-refractivity contribution in [1.29, 1.82) is 0 Å². The lowest BCUT2D eigenvalue weighted by Crippen LogP contribution is -2.36. The van der Waals surface area contributed by atoms with Gasteiger partial charge in [0.2, 0.25) is 0 Å². The molecule has 5 unspecified atom stereocenters. The van der Waals surface area contributed by atoms with Crippen LogP contribution in [0.5, 0.6) is 0 Å². The highest BCUT2D eigenvalue weighted by atomic mass is 32.2. The number of aliphatic hydroxyl groups excluding tert-OH is 1. The lowest BCUT2D eigenvalue weighted by atomic mass is 9.97. The minimum absolute atomic E-state index is 0.0806. The first kappa shape index (κ1) is 20.8. The molecule has 1 N–H and O–H groups in total. The van der Waals surface area contributed by atoms with E-state index in [0.717, 1.165) is 45.3 Å². The molecule has 6 nitrogen and oxygen atoms in total. The summed E-state index contributed by atoms with van der Waals surface area (Å²) >= 11 is -2.19. The van der Waals surface area contributed by atoms with Gasteiger partial charge in [0.25, 0.3) is 0 Å². The lowest BCUT2D eigenvalue weighted by molar-refractivity contribution is -0.158. The summed E-state index contributed by atoms with van der Waals surface area (Å²) in [5.41, 5.74) is 0.